The Labute approximate surface area is 233 Å². The SMILES string of the molecule is COc1ccc(CN(C)C[C@H]2Oc3ccc(NC(=O)CCC(F)(F)F)cc3CC(=O)N([C@@H](C)CO)C[C@@H]2C)cc1. The molecule has 0 radical (unpaired) electrons. The molecule has 0 saturated heterocycles. The number of likely N-dealkylation sites (N-methyl/N-ethyl adjacent to an activating group) is 1. The van der Waals surface area contributed by atoms with Gasteiger partial charge >= 0.3 is 6.18 Å². The monoisotopic (exact) mass is 565 g/mol. The first-order chi connectivity index (χ1) is 18.9. The van der Waals surface area contributed by atoms with Gasteiger partial charge in [0.15, 0.2) is 0 Å². The molecule has 2 aromatic rings. The first-order valence-corrected chi connectivity index (χ1v) is 13.3. The van der Waals surface area contributed by atoms with Crippen LogP contribution in [0.5, 0.6) is 11.5 Å². The predicted molar refractivity (Wildman–Crippen MR) is 145 cm³/mol. The van der Waals surface area contributed by atoms with Crippen molar-refractivity contribution < 1.29 is 37.3 Å². The van der Waals surface area contributed by atoms with Gasteiger partial charge in [0.2, 0.25) is 11.8 Å². The highest BCUT2D eigenvalue weighted by atomic mass is 19.4. The van der Waals surface area contributed by atoms with Gasteiger partial charge in [-0.1, -0.05) is 19.1 Å². The van der Waals surface area contributed by atoms with E-state index in [1.165, 1.54) is 0 Å². The number of ether oxygens (including phenoxy) is 2. The highest BCUT2D eigenvalue weighted by Crippen LogP contribution is 2.30. The van der Waals surface area contributed by atoms with E-state index in [0.717, 1.165) is 11.3 Å². The highest BCUT2D eigenvalue weighted by molar-refractivity contribution is 5.91. The molecule has 40 heavy (non-hydrogen) atoms. The number of nitrogens with zero attached hydrogens (tertiary/aromatic N) is 2. The minimum atomic E-state index is -4.43. The Morgan fingerprint density at radius 1 is 1.25 bits per heavy atom. The maximum absolute atomic E-state index is 13.3. The maximum Gasteiger partial charge on any atom is 0.389 e. The zero-order valence-corrected chi connectivity index (χ0v) is 23.3. The zero-order valence-electron chi connectivity index (χ0n) is 23.3. The third-order valence-corrected chi connectivity index (χ3v) is 6.94. The van der Waals surface area contributed by atoms with Gasteiger partial charge in [-0.25, -0.2) is 0 Å². The summed E-state index contributed by atoms with van der Waals surface area (Å²) in [4.78, 5) is 29.2. The Kier molecular flexibility index (Phi) is 10.8. The Hall–Kier alpha value is -3.31. The second kappa shape index (κ2) is 13.8. The molecule has 0 unspecified atom stereocenters. The number of amides is 2. The molecular formula is C29H38F3N3O5. The lowest BCUT2D eigenvalue weighted by molar-refractivity contribution is -0.142. The first kappa shape index (κ1) is 31.2. The van der Waals surface area contributed by atoms with E-state index < -0.39 is 31.0 Å². The third-order valence-electron chi connectivity index (χ3n) is 6.94. The average Bonchev–Trinajstić information content (AvgIpc) is 2.94. The van der Waals surface area contributed by atoms with Gasteiger partial charge in [-0.2, -0.15) is 13.2 Å². The van der Waals surface area contributed by atoms with E-state index in [9.17, 15) is 27.9 Å². The van der Waals surface area contributed by atoms with Gasteiger partial charge in [0.1, 0.15) is 17.6 Å². The zero-order chi connectivity index (χ0) is 29.4. The van der Waals surface area contributed by atoms with Crippen molar-refractivity contribution in [2.75, 3.05) is 39.2 Å². The number of nitrogens with one attached hydrogen (secondary N) is 1. The summed E-state index contributed by atoms with van der Waals surface area (Å²) in [5.41, 5.74) is 1.88. The second-order valence-electron chi connectivity index (χ2n) is 10.4. The van der Waals surface area contributed by atoms with E-state index in [1.54, 1.807) is 37.1 Å². The first-order valence-electron chi connectivity index (χ1n) is 13.3. The number of hydrogen-bond donors (Lipinski definition) is 2. The Balaban J connectivity index is 1.83. The molecule has 8 nitrogen and oxygen atoms in total. The molecule has 1 heterocycles. The number of hydrogen-bond acceptors (Lipinski definition) is 6. The Morgan fingerprint density at radius 3 is 2.58 bits per heavy atom. The van der Waals surface area contributed by atoms with Crippen molar-refractivity contribution in [3.05, 3.63) is 53.6 Å². The van der Waals surface area contributed by atoms with Crippen LogP contribution in [0, 0.1) is 5.92 Å². The normalized spacial score (nSPS) is 18.7. The van der Waals surface area contributed by atoms with Crippen molar-refractivity contribution in [2.45, 2.75) is 58.0 Å². The molecule has 2 N–H and O–H groups in total. The van der Waals surface area contributed by atoms with Crippen LogP contribution < -0.4 is 14.8 Å². The molecule has 2 aromatic carbocycles. The molecule has 2 amide bonds. The lowest BCUT2D eigenvalue weighted by Gasteiger charge is -2.34. The molecule has 11 heteroatoms. The van der Waals surface area contributed by atoms with Crippen LogP contribution in [0.2, 0.25) is 0 Å². The number of methoxy groups -OCH3 is 1. The summed E-state index contributed by atoms with van der Waals surface area (Å²) in [7, 11) is 3.60. The topological polar surface area (TPSA) is 91.3 Å². The molecule has 1 aliphatic heterocycles. The summed E-state index contributed by atoms with van der Waals surface area (Å²) in [5.74, 6) is 0.162. The standard InChI is InChI=1S/C29H38F3N3O5/c1-19-15-35(20(2)18-36)28(38)14-22-13-23(33-27(37)11-12-29(30,31)32)7-10-25(22)40-26(19)17-34(3)16-21-5-8-24(39-4)9-6-21/h5-10,13,19-20,26,36H,11-12,14-18H2,1-4H3,(H,33,37)/t19-,20-,26+/m0/s1. The van der Waals surface area contributed by atoms with Gasteiger partial charge in [0, 0.05) is 43.2 Å². The number of halogens is 3. The van der Waals surface area contributed by atoms with Crippen LogP contribution >= 0.6 is 0 Å². The van der Waals surface area contributed by atoms with Crippen molar-refractivity contribution >= 4 is 17.5 Å². The third kappa shape index (κ3) is 9.12. The van der Waals surface area contributed by atoms with Gasteiger partial charge < -0.3 is 24.8 Å². The quantitative estimate of drug-likeness (QED) is 0.448. The average molecular weight is 566 g/mol. The van der Waals surface area contributed by atoms with Crippen LogP contribution in [0.25, 0.3) is 0 Å². The number of fused-ring (bicyclic) bond motifs is 1. The van der Waals surface area contributed by atoms with E-state index in [0.29, 0.717) is 30.9 Å². The predicted octanol–water partition coefficient (Wildman–Crippen LogP) is 4.26. The van der Waals surface area contributed by atoms with Crippen molar-refractivity contribution in [3.8, 4) is 11.5 Å². The van der Waals surface area contributed by atoms with Crippen LogP contribution in [0.15, 0.2) is 42.5 Å². The number of carbonyl (C=O) groups is 2. The molecule has 3 atom stereocenters. The summed E-state index contributed by atoms with van der Waals surface area (Å²) in [6.07, 6.45) is -6.72. The number of benzene rings is 2. The fourth-order valence-corrected chi connectivity index (χ4v) is 4.62. The highest BCUT2D eigenvalue weighted by Gasteiger charge is 2.31. The number of carbonyl (C=O) groups excluding carboxylic acids is 2. The Morgan fingerprint density at radius 2 is 1.95 bits per heavy atom. The minimum absolute atomic E-state index is 0.0485. The molecule has 0 aliphatic carbocycles. The lowest BCUT2D eigenvalue weighted by atomic mass is 10.0. The molecule has 0 aromatic heterocycles. The van der Waals surface area contributed by atoms with Gasteiger partial charge in [0.05, 0.1) is 32.6 Å². The lowest BCUT2D eigenvalue weighted by Crippen LogP contribution is -2.47. The fraction of sp³-hybridized carbons (Fsp3) is 0.517. The summed E-state index contributed by atoms with van der Waals surface area (Å²) >= 11 is 0. The number of aliphatic hydroxyl groups excluding tert-OH is 1. The molecule has 3 rings (SSSR count). The summed E-state index contributed by atoms with van der Waals surface area (Å²) < 4.78 is 49.3. The van der Waals surface area contributed by atoms with E-state index in [2.05, 4.69) is 10.2 Å². The molecule has 1 aliphatic rings. The number of rotatable bonds is 10. The largest absolute Gasteiger partial charge is 0.497 e. The maximum atomic E-state index is 13.3. The number of aliphatic hydroxyl groups is 1. The van der Waals surface area contributed by atoms with Crippen molar-refractivity contribution in [1.82, 2.24) is 9.80 Å². The van der Waals surface area contributed by atoms with E-state index in [1.807, 2.05) is 38.2 Å². The number of alkyl halides is 3. The molecule has 0 fully saturated rings. The molecular weight excluding hydrogens is 527 g/mol. The van der Waals surface area contributed by atoms with Crippen LogP contribution in [0.3, 0.4) is 0 Å². The van der Waals surface area contributed by atoms with Gasteiger partial charge in [0.25, 0.3) is 0 Å². The molecule has 0 saturated carbocycles. The van der Waals surface area contributed by atoms with E-state index in [4.69, 9.17) is 9.47 Å². The summed E-state index contributed by atoms with van der Waals surface area (Å²) in [6, 6.07) is 12.1. The molecule has 0 bridgehead atoms. The smallest absolute Gasteiger partial charge is 0.389 e. The van der Waals surface area contributed by atoms with Gasteiger partial charge in [-0.15, -0.1) is 0 Å². The summed E-state index contributed by atoms with van der Waals surface area (Å²) in [5, 5.41) is 12.3. The second-order valence-corrected chi connectivity index (χ2v) is 10.4. The van der Waals surface area contributed by atoms with Gasteiger partial charge in [-0.3, -0.25) is 14.5 Å². The van der Waals surface area contributed by atoms with Crippen LogP contribution in [0.4, 0.5) is 18.9 Å². The van der Waals surface area contributed by atoms with Crippen molar-refractivity contribution in [1.29, 1.82) is 0 Å². The number of anilines is 1. The van der Waals surface area contributed by atoms with Crippen molar-refractivity contribution in [2.24, 2.45) is 5.92 Å². The van der Waals surface area contributed by atoms with Crippen molar-refractivity contribution in [3.63, 3.8) is 0 Å². The Bertz CT molecular complexity index is 1140. The fourth-order valence-electron chi connectivity index (χ4n) is 4.62. The van der Waals surface area contributed by atoms with Crippen LogP contribution in [0.1, 0.15) is 37.8 Å². The summed E-state index contributed by atoms with van der Waals surface area (Å²) in [6.45, 7) is 5.13. The van der Waals surface area contributed by atoms with Crippen LogP contribution in [-0.2, 0) is 22.6 Å². The minimum Gasteiger partial charge on any atom is -0.497 e. The van der Waals surface area contributed by atoms with Gasteiger partial charge in [-0.05, 0) is 49.9 Å². The van der Waals surface area contributed by atoms with E-state index in [-0.39, 0.29) is 36.6 Å². The molecule has 0 spiro atoms. The van der Waals surface area contributed by atoms with Crippen LogP contribution in [-0.4, -0.2) is 78.9 Å². The molecule has 220 valence electrons. The van der Waals surface area contributed by atoms with E-state index >= 15 is 0 Å².